The second-order valence-corrected chi connectivity index (χ2v) is 13.7. The van der Waals surface area contributed by atoms with E-state index in [1.165, 1.54) is 12.0 Å². The van der Waals surface area contributed by atoms with Crippen LogP contribution in [0, 0.1) is 6.92 Å². The Balaban J connectivity index is 0.894. The normalized spacial score (nSPS) is 13.6. The van der Waals surface area contributed by atoms with E-state index in [-0.39, 0.29) is 23.1 Å². The van der Waals surface area contributed by atoms with Crippen LogP contribution in [0.1, 0.15) is 72.0 Å². The summed E-state index contributed by atoms with van der Waals surface area (Å²) >= 11 is 0. The van der Waals surface area contributed by atoms with Crippen LogP contribution in [0.5, 0.6) is 28.7 Å². The third kappa shape index (κ3) is 5.95. The maximum atomic E-state index is 13.1. The fraction of sp³-hybridized carbons (Fsp3) is 0.111. The molecule has 0 fully saturated rings. The monoisotopic (exact) mass is 714 g/mol. The molecule has 0 N–H and O–H groups in total. The molecule has 2 aliphatic rings. The summed E-state index contributed by atoms with van der Waals surface area (Å²) in [7, 11) is 1.51. The predicted octanol–water partition coefficient (Wildman–Crippen LogP) is 9.52. The van der Waals surface area contributed by atoms with Crippen molar-refractivity contribution in [3.8, 4) is 28.7 Å². The zero-order valence-corrected chi connectivity index (χ0v) is 30.0. The lowest BCUT2D eigenvalue weighted by Gasteiger charge is -2.26. The molecule has 2 heterocycles. The highest BCUT2D eigenvalue weighted by molar-refractivity contribution is 6.35. The average Bonchev–Trinajstić information content (AvgIpc) is 3.58. The van der Waals surface area contributed by atoms with Crippen LogP contribution in [0.3, 0.4) is 0 Å². The number of anilines is 2. The molecule has 0 bridgehead atoms. The highest BCUT2D eigenvalue weighted by atomic mass is 16.5. The number of nitrogens with zero attached hydrogens (tertiary/aromatic N) is 2. The van der Waals surface area contributed by atoms with Gasteiger partial charge in [0.15, 0.2) is 0 Å². The first-order chi connectivity index (χ1) is 26.0. The quantitative estimate of drug-likeness (QED) is 0.138. The smallest absolute Gasteiger partial charge is 0.266 e. The molecular formula is C45H34N2O7. The number of imide groups is 2. The van der Waals surface area contributed by atoms with Gasteiger partial charge in [0.2, 0.25) is 0 Å². The van der Waals surface area contributed by atoms with Crippen molar-refractivity contribution in [2.45, 2.75) is 26.2 Å². The first-order valence-electron chi connectivity index (χ1n) is 17.3. The van der Waals surface area contributed by atoms with Crippen molar-refractivity contribution in [1.82, 2.24) is 0 Å². The lowest BCUT2D eigenvalue weighted by molar-refractivity contribution is 0.0910. The summed E-state index contributed by atoms with van der Waals surface area (Å²) in [5, 5.41) is 0. The van der Waals surface area contributed by atoms with Crippen molar-refractivity contribution in [2.24, 2.45) is 0 Å². The number of amides is 4. The summed E-state index contributed by atoms with van der Waals surface area (Å²) in [5.74, 6) is 1.51. The number of methoxy groups -OCH3 is 1. The maximum Gasteiger partial charge on any atom is 0.266 e. The molecule has 6 aromatic carbocycles. The zero-order valence-electron chi connectivity index (χ0n) is 30.0. The third-order valence-electron chi connectivity index (χ3n) is 9.95. The summed E-state index contributed by atoms with van der Waals surface area (Å²) in [6.45, 7) is 6.18. The predicted molar refractivity (Wildman–Crippen MR) is 204 cm³/mol. The minimum atomic E-state index is -0.396. The molecule has 0 saturated carbocycles. The summed E-state index contributed by atoms with van der Waals surface area (Å²) in [6.07, 6.45) is 0. The van der Waals surface area contributed by atoms with Crippen molar-refractivity contribution in [1.29, 1.82) is 0 Å². The van der Waals surface area contributed by atoms with Crippen LogP contribution < -0.4 is 24.0 Å². The van der Waals surface area contributed by atoms with Gasteiger partial charge < -0.3 is 14.2 Å². The fourth-order valence-corrected chi connectivity index (χ4v) is 6.82. The SMILES string of the molecule is COc1ccc2c(c1)C(=O)N(c1ccc(Oc3ccc(C(C)(C)c4ccc(Oc5ccc(N6C(=O)c7ccc(C)cc7C6=O)cc5)cc4)cc3)cc1)C2=O. The maximum absolute atomic E-state index is 13.1. The molecule has 9 nitrogen and oxygen atoms in total. The van der Waals surface area contributed by atoms with E-state index in [0.29, 0.717) is 62.4 Å². The van der Waals surface area contributed by atoms with Gasteiger partial charge in [-0.25, -0.2) is 9.80 Å². The van der Waals surface area contributed by atoms with E-state index in [1.54, 1.807) is 78.9 Å². The lowest BCUT2D eigenvalue weighted by Crippen LogP contribution is -2.29. The molecule has 0 spiro atoms. The molecule has 0 saturated heterocycles. The standard InChI is InChI=1S/C45H34N2O7/c1-27-5-23-37-39(25-27)43(50)46(41(37)48)30-10-18-34(19-11-30)53-32-14-6-28(7-15-32)45(2,3)29-8-16-33(17-9-29)54-35-20-12-31(13-21-35)47-42(49)38-24-22-36(52-4)26-40(38)44(47)51/h5-26H,1-4H3. The second kappa shape index (κ2) is 13.2. The number of fused-ring (bicyclic) bond motifs is 2. The van der Waals surface area contributed by atoms with Gasteiger partial charge in [-0.3, -0.25) is 19.2 Å². The molecule has 6 aromatic rings. The van der Waals surface area contributed by atoms with Crippen LogP contribution in [0.2, 0.25) is 0 Å². The summed E-state index contributed by atoms with van der Waals surface area (Å²) in [5.41, 5.74) is 5.18. The number of hydrogen-bond acceptors (Lipinski definition) is 7. The largest absolute Gasteiger partial charge is 0.497 e. The molecule has 9 heteroatoms. The zero-order chi connectivity index (χ0) is 37.7. The van der Waals surface area contributed by atoms with Gasteiger partial charge in [-0.15, -0.1) is 0 Å². The Morgan fingerprint density at radius 1 is 0.426 bits per heavy atom. The molecule has 0 aliphatic carbocycles. The van der Waals surface area contributed by atoms with Gasteiger partial charge in [0.1, 0.15) is 28.7 Å². The minimum Gasteiger partial charge on any atom is -0.497 e. The molecule has 54 heavy (non-hydrogen) atoms. The second-order valence-electron chi connectivity index (χ2n) is 13.7. The average molecular weight is 715 g/mol. The number of carbonyl (C=O) groups excluding carboxylic acids is 4. The molecule has 4 amide bonds. The van der Waals surface area contributed by atoms with E-state index in [9.17, 15) is 19.2 Å². The first-order valence-corrected chi connectivity index (χ1v) is 17.3. The van der Waals surface area contributed by atoms with E-state index in [2.05, 4.69) is 13.8 Å². The van der Waals surface area contributed by atoms with E-state index >= 15 is 0 Å². The molecule has 0 atom stereocenters. The highest BCUT2D eigenvalue weighted by Crippen LogP contribution is 2.37. The van der Waals surface area contributed by atoms with Gasteiger partial charge >= 0.3 is 0 Å². The molecule has 0 unspecified atom stereocenters. The van der Waals surface area contributed by atoms with Gasteiger partial charge in [-0.1, -0.05) is 49.7 Å². The molecule has 8 rings (SSSR count). The number of benzene rings is 6. The molecule has 0 aromatic heterocycles. The van der Waals surface area contributed by atoms with Gasteiger partial charge in [0.05, 0.1) is 40.7 Å². The Morgan fingerprint density at radius 2 is 0.778 bits per heavy atom. The molecule has 0 radical (unpaired) electrons. The Morgan fingerprint density at radius 3 is 1.20 bits per heavy atom. The van der Waals surface area contributed by atoms with Crippen molar-refractivity contribution in [2.75, 3.05) is 16.9 Å². The van der Waals surface area contributed by atoms with E-state index < -0.39 is 5.91 Å². The summed E-state index contributed by atoms with van der Waals surface area (Å²) in [6, 6.07) is 39.6. The first kappa shape index (κ1) is 34.1. The van der Waals surface area contributed by atoms with Gasteiger partial charge in [-0.2, -0.15) is 0 Å². The van der Waals surface area contributed by atoms with Crippen LogP contribution in [0.15, 0.2) is 133 Å². The van der Waals surface area contributed by atoms with E-state index in [1.807, 2.05) is 61.5 Å². The van der Waals surface area contributed by atoms with Gasteiger partial charge in [0.25, 0.3) is 23.6 Å². The van der Waals surface area contributed by atoms with Crippen LogP contribution in [0.25, 0.3) is 0 Å². The van der Waals surface area contributed by atoms with E-state index in [0.717, 1.165) is 21.6 Å². The Labute approximate surface area is 311 Å². The third-order valence-corrected chi connectivity index (χ3v) is 9.95. The van der Waals surface area contributed by atoms with Crippen molar-refractivity contribution < 1.29 is 33.4 Å². The number of rotatable bonds is 9. The summed E-state index contributed by atoms with van der Waals surface area (Å²) < 4.78 is 17.4. The summed E-state index contributed by atoms with van der Waals surface area (Å²) in [4.78, 5) is 54.4. The van der Waals surface area contributed by atoms with Gasteiger partial charge in [-0.05, 0) is 121 Å². The van der Waals surface area contributed by atoms with Crippen LogP contribution in [-0.2, 0) is 5.41 Å². The van der Waals surface area contributed by atoms with Crippen LogP contribution in [-0.4, -0.2) is 30.7 Å². The van der Waals surface area contributed by atoms with Crippen molar-refractivity contribution in [3.05, 3.63) is 172 Å². The van der Waals surface area contributed by atoms with Crippen molar-refractivity contribution in [3.63, 3.8) is 0 Å². The number of ether oxygens (including phenoxy) is 3. The highest BCUT2D eigenvalue weighted by Gasteiger charge is 2.38. The number of carbonyl (C=O) groups is 4. The lowest BCUT2D eigenvalue weighted by atomic mass is 9.78. The molecular weight excluding hydrogens is 681 g/mol. The van der Waals surface area contributed by atoms with E-state index in [4.69, 9.17) is 14.2 Å². The molecule has 266 valence electrons. The minimum absolute atomic E-state index is 0.314. The Kier molecular flexibility index (Phi) is 8.34. The Bertz CT molecular complexity index is 2470. The fourth-order valence-electron chi connectivity index (χ4n) is 6.82. The molecule has 2 aliphatic heterocycles. The number of hydrogen-bond donors (Lipinski definition) is 0. The van der Waals surface area contributed by atoms with Crippen LogP contribution in [0.4, 0.5) is 11.4 Å². The van der Waals surface area contributed by atoms with Gasteiger partial charge in [0, 0.05) is 5.41 Å². The topological polar surface area (TPSA) is 102 Å². The number of aryl methyl sites for hydroxylation is 1. The van der Waals surface area contributed by atoms with Crippen LogP contribution >= 0.6 is 0 Å². The van der Waals surface area contributed by atoms with Crippen molar-refractivity contribution >= 4 is 35.0 Å². The Hall–Kier alpha value is -7.00.